The molecule has 0 saturated heterocycles. The Morgan fingerprint density at radius 2 is 1.71 bits per heavy atom. The van der Waals surface area contributed by atoms with Crippen LogP contribution in [0, 0.1) is 0 Å². The summed E-state index contributed by atoms with van der Waals surface area (Å²) in [5.74, 6) is 0. The van der Waals surface area contributed by atoms with Crippen molar-refractivity contribution in [3.63, 3.8) is 0 Å². The Hall–Kier alpha value is -2.25. The Balaban J connectivity index is 2.15. The van der Waals surface area contributed by atoms with Crippen LogP contribution in [0.5, 0.6) is 0 Å². The SMILES string of the molecule is COC=Cc1cc(Cl)ccc1-c1ccc2ccccc2c1. The zero-order chi connectivity index (χ0) is 14.7. The Morgan fingerprint density at radius 1 is 0.905 bits per heavy atom. The van der Waals surface area contributed by atoms with Crippen LogP contribution < -0.4 is 0 Å². The highest BCUT2D eigenvalue weighted by atomic mass is 35.5. The summed E-state index contributed by atoms with van der Waals surface area (Å²) in [7, 11) is 1.64. The van der Waals surface area contributed by atoms with Crippen molar-refractivity contribution in [2.24, 2.45) is 0 Å². The van der Waals surface area contributed by atoms with Gasteiger partial charge in [-0.05, 0) is 51.7 Å². The van der Waals surface area contributed by atoms with Gasteiger partial charge in [-0.3, -0.25) is 0 Å². The molecule has 0 spiro atoms. The van der Waals surface area contributed by atoms with Gasteiger partial charge >= 0.3 is 0 Å². The predicted molar refractivity (Wildman–Crippen MR) is 90.4 cm³/mol. The first-order valence-electron chi connectivity index (χ1n) is 6.76. The fourth-order valence-corrected chi connectivity index (χ4v) is 2.61. The number of rotatable bonds is 3. The summed E-state index contributed by atoms with van der Waals surface area (Å²) in [6.45, 7) is 0. The molecule has 21 heavy (non-hydrogen) atoms. The third-order valence-corrected chi connectivity index (χ3v) is 3.69. The summed E-state index contributed by atoms with van der Waals surface area (Å²) in [6, 6.07) is 20.7. The number of ether oxygens (including phenoxy) is 1. The minimum Gasteiger partial charge on any atom is -0.504 e. The van der Waals surface area contributed by atoms with Crippen LogP contribution in [0.3, 0.4) is 0 Å². The Bertz CT molecular complexity index is 806. The first-order chi connectivity index (χ1) is 10.3. The average molecular weight is 295 g/mol. The molecule has 0 aliphatic rings. The van der Waals surface area contributed by atoms with Gasteiger partial charge in [-0.15, -0.1) is 0 Å². The molecule has 0 aliphatic carbocycles. The lowest BCUT2D eigenvalue weighted by Gasteiger charge is -2.08. The van der Waals surface area contributed by atoms with Crippen molar-refractivity contribution in [1.82, 2.24) is 0 Å². The van der Waals surface area contributed by atoms with Crippen LogP contribution in [0.1, 0.15) is 5.56 Å². The lowest BCUT2D eigenvalue weighted by Crippen LogP contribution is -1.85. The van der Waals surface area contributed by atoms with E-state index in [0.717, 1.165) is 16.1 Å². The van der Waals surface area contributed by atoms with Crippen LogP contribution in [-0.4, -0.2) is 7.11 Å². The first-order valence-corrected chi connectivity index (χ1v) is 7.14. The summed E-state index contributed by atoms with van der Waals surface area (Å²) in [6.07, 6.45) is 3.59. The van der Waals surface area contributed by atoms with E-state index >= 15 is 0 Å². The molecule has 0 aromatic heterocycles. The van der Waals surface area contributed by atoms with Crippen LogP contribution in [0.15, 0.2) is 66.9 Å². The van der Waals surface area contributed by atoms with E-state index in [2.05, 4.69) is 42.5 Å². The highest BCUT2D eigenvalue weighted by Gasteiger charge is 2.05. The number of methoxy groups -OCH3 is 1. The van der Waals surface area contributed by atoms with Gasteiger partial charge in [0.1, 0.15) is 0 Å². The molecular weight excluding hydrogens is 280 g/mol. The van der Waals surface area contributed by atoms with Gasteiger partial charge in [0, 0.05) is 5.02 Å². The van der Waals surface area contributed by atoms with Crippen molar-refractivity contribution >= 4 is 28.4 Å². The van der Waals surface area contributed by atoms with Gasteiger partial charge < -0.3 is 4.74 Å². The lowest BCUT2D eigenvalue weighted by molar-refractivity contribution is 0.341. The van der Waals surface area contributed by atoms with E-state index in [-0.39, 0.29) is 0 Å². The maximum atomic E-state index is 6.10. The van der Waals surface area contributed by atoms with Gasteiger partial charge in [0.05, 0.1) is 13.4 Å². The number of fused-ring (bicyclic) bond motifs is 1. The van der Waals surface area contributed by atoms with Gasteiger partial charge in [0.2, 0.25) is 0 Å². The van der Waals surface area contributed by atoms with Crippen molar-refractivity contribution in [3.8, 4) is 11.1 Å². The number of hydrogen-bond donors (Lipinski definition) is 0. The molecule has 0 amide bonds. The number of benzene rings is 3. The molecule has 0 saturated carbocycles. The molecule has 0 unspecified atom stereocenters. The van der Waals surface area contributed by atoms with Gasteiger partial charge in [0.15, 0.2) is 0 Å². The molecule has 3 rings (SSSR count). The van der Waals surface area contributed by atoms with Gasteiger partial charge in [-0.2, -0.15) is 0 Å². The predicted octanol–water partition coefficient (Wildman–Crippen LogP) is 5.78. The molecule has 3 aromatic rings. The quantitative estimate of drug-likeness (QED) is 0.557. The second-order valence-electron chi connectivity index (χ2n) is 4.83. The third kappa shape index (κ3) is 2.93. The van der Waals surface area contributed by atoms with Gasteiger partial charge in [-0.25, -0.2) is 0 Å². The molecule has 0 aliphatic heterocycles. The summed E-state index contributed by atoms with van der Waals surface area (Å²) in [5.41, 5.74) is 3.35. The van der Waals surface area contributed by atoms with Crippen molar-refractivity contribution in [1.29, 1.82) is 0 Å². The highest BCUT2D eigenvalue weighted by Crippen LogP contribution is 2.30. The van der Waals surface area contributed by atoms with Crippen molar-refractivity contribution in [2.75, 3.05) is 7.11 Å². The Labute approximate surface area is 129 Å². The summed E-state index contributed by atoms with van der Waals surface area (Å²) in [4.78, 5) is 0. The Kier molecular flexibility index (Phi) is 3.94. The fourth-order valence-electron chi connectivity index (χ4n) is 2.43. The van der Waals surface area contributed by atoms with Crippen LogP contribution >= 0.6 is 11.6 Å². The van der Waals surface area contributed by atoms with Crippen molar-refractivity contribution in [2.45, 2.75) is 0 Å². The largest absolute Gasteiger partial charge is 0.504 e. The third-order valence-electron chi connectivity index (χ3n) is 3.46. The second kappa shape index (κ2) is 6.02. The first kappa shape index (κ1) is 13.7. The molecule has 0 atom stereocenters. The molecular formula is C19H15ClO. The highest BCUT2D eigenvalue weighted by molar-refractivity contribution is 6.30. The van der Waals surface area contributed by atoms with E-state index in [1.54, 1.807) is 13.4 Å². The monoisotopic (exact) mass is 294 g/mol. The van der Waals surface area contributed by atoms with E-state index in [1.807, 2.05) is 24.3 Å². The van der Waals surface area contributed by atoms with Gasteiger partial charge in [0.25, 0.3) is 0 Å². The van der Waals surface area contributed by atoms with Crippen LogP contribution in [0.2, 0.25) is 5.02 Å². The molecule has 0 bridgehead atoms. The van der Waals surface area contributed by atoms with Crippen molar-refractivity contribution < 1.29 is 4.74 Å². The van der Waals surface area contributed by atoms with E-state index in [9.17, 15) is 0 Å². The smallest absolute Gasteiger partial charge is 0.0830 e. The fraction of sp³-hybridized carbons (Fsp3) is 0.0526. The summed E-state index contributed by atoms with van der Waals surface area (Å²) in [5, 5.41) is 3.19. The molecule has 1 nitrogen and oxygen atoms in total. The van der Waals surface area contributed by atoms with Gasteiger partial charge in [-0.1, -0.05) is 54.1 Å². The molecule has 0 fully saturated rings. The molecule has 2 heteroatoms. The minimum atomic E-state index is 0.718. The lowest BCUT2D eigenvalue weighted by atomic mass is 9.97. The number of hydrogen-bond acceptors (Lipinski definition) is 1. The van der Waals surface area contributed by atoms with E-state index in [0.29, 0.717) is 0 Å². The van der Waals surface area contributed by atoms with E-state index < -0.39 is 0 Å². The normalized spacial score (nSPS) is 11.1. The Morgan fingerprint density at radius 3 is 2.52 bits per heavy atom. The molecule has 0 N–H and O–H groups in total. The summed E-state index contributed by atoms with van der Waals surface area (Å²) >= 11 is 6.10. The molecule has 0 heterocycles. The average Bonchev–Trinajstić information content (AvgIpc) is 2.52. The molecule has 0 radical (unpaired) electrons. The minimum absolute atomic E-state index is 0.718. The summed E-state index contributed by atoms with van der Waals surface area (Å²) < 4.78 is 5.02. The zero-order valence-electron chi connectivity index (χ0n) is 11.7. The van der Waals surface area contributed by atoms with Crippen LogP contribution in [0.25, 0.3) is 28.0 Å². The maximum Gasteiger partial charge on any atom is 0.0830 e. The standard InChI is InChI=1S/C19H15ClO/c1-21-11-10-17-13-18(20)8-9-19(17)16-7-6-14-4-2-3-5-15(14)12-16/h2-13H,1H3. The second-order valence-corrected chi connectivity index (χ2v) is 5.27. The topological polar surface area (TPSA) is 9.23 Å². The van der Waals surface area contributed by atoms with Crippen LogP contribution in [0.4, 0.5) is 0 Å². The molecule has 3 aromatic carbocycles. The zero-order valence-corrected chi connectivity index (χ0v) is 12.5. The van der Waals surface area contributed by atoms with E-state index in [4.69, 9.17) is 16.3 Å². The molecule has 104 valence electrons. The van der Waals surface area contributed by atoms with Crippen LogP contribution in [-0.2, 0) is 4.74 Å². The maximum absolute atomic E-state index is 6.10. The van der Waals surface area contributed by atoms with E-state index in [1.165, 1.54) is 16.3 Å². The number of halogens is 1. The van der Waals surface area contributed by atoms with Crippen molar-refractivity contribution in [3.05, 3.63) is 77.5 Å².